The van der Waals surface area contributed by atoms with E-state index in [4.69, 9.17) is 0 Å². The lowest BCUT2D eigenvalue weighted by molar-refractivity contribution is 0.0952. The number of para-hydroxylation sites is 1. The topological polar surface area (TPSA) is 73.9 Å². The fourth-order valence-corrected chi connectivity index (χ4v) is 2.33. The van der Waals surface area contributed by atoms with Gasteiger partial charge in [-0.05, 0) is 38.4 Å². The molecule has 6 nitrogen and oxygen atoms in total. The smallest absolute Gasteiger partial charge is 0.253 e. The van der Waals surface area contributed by atoms with Crippen LogP contribution in [-0.2, 0) is 0 Å². The maximum absolute atomic E-state index is 12.4. The molecule has 1 aromatic carbocycles. The summed E-state index contributed by atoms with van der Waals surface area (Å²) in [7, 11) is 3.94. The number of nitrogens with one attached hydrogen (secondary N) is 2. The SMILES string of the molecule is CN(C)CCNC(=O)c1cccc2[nH]c(-c3ccccn3)nc12.Cl. The average molecular weight is 346 g/mol. The number of nitrogens with zero attached hydrogens (tertiary/aromatic N) is 3. The van der Waals surface area contributed by atoms with Gasteiger partial charge in [0.2, 0.25) is 0 Å². The predicted octanol–water partition coefficient (Wildman–Crippen LogP) is 2.34. The molecule has 24 heavy (non-hydrogen) atoms. The fraction of sp³-hybridized carbons (Fsp3) is 0.235. The number of rotatable bonds is 5. The van der Waals surface area contributed by atoms with Crippen LogP contribution in [0.2, 0.25) is 0 Å². The van der Waals surface area contributed by atoms with Gasteiger partial charge in [0.05, 0.1) is 11.1 Å². The number of fused-ring (bicyclic) bond motifs is 1. The monoisotopic (exact) mass is 345 g/mol. The molecule has 0 unspecified atom stereocenters. The molecule has 0 saturated carbocycles. The molecule has 0 aliphatic carbocycles. The molecule has 126 valence electrons. The zero-order chi connectivity index (χ0) is 16.2. The van der Waals surface area contributed by atoms with E-state index in [1.54, 1.807) is 12.3 Å². The summed E-state index contributed by atoms with van der Waals surface area (Å²) in [5, 5.41) is 2.92. The highest BCUT2D eigenvalue weighted by Crippen LogP contribution is 2.21. The number of hydrogen-bond acceptors (Lipinski definition) is 4. The molecule has 3 aromatic rings. The van der Waals surface area contributed by atoms with Crippen molar-refractivity contribution in [1.82, 2.24) is 25.2 Å². The van der Waals surface area contributed by atoms with Gasteiger partial charge in [-0.3, -0.25) is 9.78 Å². The molecule has 2 aromatic heterocycles. The van der Waals surface area contributed by atoms with E-state index < -0.39 is 0 Å². The normalized spacial score (nSPS) is 10.6. The number of pyridine rings is 1. The van der Waals surface area contributed by atoms with Crippen molar-refractivity contribution in [2.24, 2.45) is 0 Å². The highest BCUT2D eigenvalue weighted by atomic mass is 35.5. The number of carbonyl (C=O) groups excluding carboxylic acids is 1. The number of carbonyl (C=O) groups is 1. The van der Waals surface area contributed by atoms with E-state index in [1.807, 2.05) is 49.3 Å². The van der Waals surface area contributed by atoms with Gasteiger partial charge in [0.25, 0.3) is 5.91 Å². The minimum Gasteiger partial charge on any atom is -0.351 e. The second-order valence-electron chi connectivity index (χ2n) is 5.56. The predicted molar refractivity (Wildman–Crippen MR) is 97.5 cm³/mol. The van der Waals surface area contributed by atoms with E-state index in [9.17, 15) is 4.79 Å². The first-order chi connectivity index (χ1) is 11.1. The van der Waals surface area contributed by atoms with Gasteiger partial charge in [-0.25, -0.2) is 4.98 Å². The number of halogens is 1. The summed E-state index contributed by atoms with van der Waals surface area (Å²) in [4.78, 5) is 26.5. The van der Waals surface area contributed by atoms with Crippen LogP contribution in [0.4, 0.5) is 0 Å². The molecule has 0 bridgehead atoms. The van der Waals surface area contributed by atoms with E-state index in [2.05, 4.69) is 20.3 Å². The Morgan fingerprint density at radius 1 is 1.21 bits per heavy atom. The molecule has 0 radical (unpaired) electrons. The molecule has 1 amide bonds. The number of amides is 1. The fourth-order valence-electron chi connectivity index (χ4n) is 2.33. The minimum atomic E-state index is -0.114. The van der Waals surface area contributed by atoms with E-state index in [1.165, 1.54) is 0 Å². The van der Waals surface area contributed by atoms with Crippen molar-refractivity contribution >= 4 is 29.3 Å². The van der Waals surface area contributed by atoms with Crippen molar-refractivity contribution in [3.63, 3.8) is 0 Å². The van der Waals surface area contributed by atoms with Crippen molar-refractivity contribution < 1.29 is 4.79 Å². The van der Waals surface area contributed by atoms with Crippen LogP contribution in [0.25, 0.3) is 22.6 Å². The molecule has 2 heterocycles. The Morgan fingerprint density at radius 2 is 2.04 bits per heavy atom. The number of benzene rings is 1. The van der Waals surface area contributed by atoms with E-state index in [0.29, 0.717) is 23.4 Å². The van der Waals surface area contributed by atoms with Gasteiger partial charge in [-0.2, -0.15) is 0 Å². The molecule has 0 aliphatic rings. The summed E-state index contributed by atoms with van der Waals surface area (Å²) >= 11 is 0. The molecular weight excluding hydrogens is 326 g/mol. The maximum Gasteiger partial charge on any atom is 0.253 e. The first-order valence-electron chi connectivity index (χ1n) is 7.48. The highest BCUT2D eigenvalue weighted by molar-refractivity contribution is 6.05. The number of imidazole rings is 1. The Labute approximate surface area is 146 Å². The zero-order valence-corrected chi connectivity index (χ0v) is 14.4. The molecule has 7 heteroatoms. The molecule has 0 spiro atoms. The van der Waals surface area contributed by atoms with Crippen LogP contribution < -0.4 is 5.32 Å². The highest BCUT2D eigenvalue weighted by Gasteiger charge is 2.14. The average Bonchev–Trinajstić information content (AvgIpc) is 2.99. The summed E-state index contributed by atoms with van der Waals surface area (Å²) in [5.74, 6) is 0.547. The summed E-state index contributed by atoms with van der Waals surface area (Å²) in [6.07, 6.45) is 1.72. The summed E-state index contributed by atoms with van der Waals surface area (Å²) in [6, 6.07) is 11.2. The van der Waals surface area contributed by atoms with Crippen LogP contribution in [0.1, 0.15) is 10.4 Å². The largest absolute Gasteiger partial charge is 0.351 e. The molecule has 2 N–H and O–H groups in total. The van der Waals surface area contributed by atoms with Gasteiger partial charge in [0.15, 0.2) is 5.82 Å². The maximum atomic E-state index is 12.4. The lowest BCUT2D eigenvalue weighted by Gasteiger charge is -2.10. The minimum absolute atomic E-state index is 0. The van der Waals surface area contributed by atoms with Crippen LogP contribution in [-0.4, -0.2) is 52.9 Å². The number of H-pyrrole nitrogens is 1. The Morgan fingerprint density at radius 3 is 2.75 bits per heavy atom. The third-order valence-corrected chi connectivity index (χ3v) is 3.51. The van der Waals surface area contributed by atoms with Gasteiger partial charge < -0.3 is 15.2 Å². The van der Waals surface area contributed by atoms with E-state index in [-0.39, 0.29) is 18.3 Å². The Hall–Kier alpha value is -2.44. The Bertz CT molecular complexity index is 816. The number of likely N-dealkylation sites (N-methyl/N-ethyl adjacent to an activating group) is 1. The first kappa shape index (κ1) is 17.9. The molecule has 0 aliphatic heterocycles. The van der Waals surface area contributed by atoms with Gasteiger partial charge >= 0.3 is 0 Å². The third kappa shape index (κ3) is 3.90. The van der Waals surface area contributed by atoms with Crippen LogP contribution in [0.15, 0.2) is 42.6 Å². The van der Waals surface area contributed by atoms with Crippen LogP contribution >= 0.6 is 12.4 Å². The second-order valence-corrected chi connectivity index (χ2v) is 5.56. The van der Waals surface area contributed by atoms with E-state index >= 15 is 0 Å². The van der Waals surface area contributed by atoms with Gasteiger partial charge in [0.1, 0.15) is 11.2 Å². The van der Waals surface area contributed by atoms with Crippen molar-refractivity contribution in [3.8, 4) is 11.5 Å². The zero-order valence-electron chi connectivity index (χ0n) is 13.6. The number of aromatic nitrogens is 3. The molecule has 0 fully saturated rings. The molecular formula is C17H20ClN5O. The van der Waals surface area contributed by atoms with Gasteiger partial charge in [0, 0.05) is 19.3 Å². The van der Waals surface area contributed by atoms with Crippen molar-refractivity contribution in [3.05, 3.63) is 48.2 Å². The van der Waals surface area contributed by atoms with Crippen molar-refractivity contribution in [2.75, 3.05) is 27.2 Å². The van der Waals surface area contributed by atoms with E-state index in [0.717, 1.165) is 17.8 Å². The Balaban J connectivity index is 0.00000208. The third-order valence-electron chi connectivity index (χ3n) is 3.51. The number of hydrogen-bond donors (Lipinski definition) is 2. The quantitative estimate of drug-likeness (QED) is 0.744. The first-order valence-corrected chi connectivity index (χ1v) is 7.48. The van der Waals surface area contributed by atoms with Crippen LogP contribution in [0.5, 0.6) is 0 Å². The summed E-state index contributed by atoms with van der Waals surface area (Å²) in [5.41, 5.74) is 2.81. The van der Waals surface area contributed by atoms with Crippen LogP contribution in [0, 0.1) is 0 Å². The van der Waals surface area contributed by atoms with Gasteiger partial charge in [-0.15, -0.1) is 12.4 Å². The van der Waals surface area contributed by atoms with Crippen molar-refractivity contribution in [2.45, 2.75) is 0 Å². The summed E-state index contributed by atoms with van der Waals surface area (Å²) < 4.78 is 0. The van der Waals surface area contributed by atoms with Gasteiger partial charge in [-0.1, -0.05) is 12.1 Å². The molecule has 0 atom stereocenters. The lowest BCUT2D eigenvalue weighted by Crippen LogP contribution is -2.31. The Kier molecular flexibility index (Phi) is 5.89. The molecule has 3 rings (SSSR count). The van der Waals surface area contributed by atoms with Crippen LogP contribution in [0.3, 0.4) is 0 Å². The van der Waals surface area contributed by atoms with Crippen molar-refractivity contribution in [1.29, 1.82) is 0 Å². The lowest BCUT2D eigenvalue weighted by atomic mass is 10.1. The standard InChI is InChI=1S/C17H19N5O.ClH/c1-22(2)11-10-19-17(23)12-6-5-8-13-15(12)21-16(20-13)14-7-3-4-9-18-14;/h3-9H,10-11H2,1-2H3,(H,19,23)(H,20,21);1H. The molecule has 0 saturated heterocycles. The second kappa shape index (κ2) is 7.90. The summed E-state index contributed by atoms with van der Waals surface area (Å²) in [6.45, 7) is 1.39. The number of aromatic amines is 1.